The molecule has 1 aliphatic heterocycles. The van der Waals surface area contributed by atoms with Gasteiger partial charge in [-0.2, -0.15) is 0 Å². The molecule has 82 valence electrons. The highest BCUT2D eigenvalue weighted by Gasteiger charge is 2.20. The van der Waals surface area contributed by atoms with Crippen LogP contribution >= 0.6 is 0 Å². The molecule has 0 aromatic rings. The van der Waals surface area contributed by atoms with Crippen molar-refractivity contribution in [2.24, 2.45) is 0 Å². The molecule has 0 amide bonds. The lowest BCUT2D eigenvalue weighted by molar-refractivity contribution is 0.298. The highest BCUT2D eigenvalue weighted by molar-refractivity contribution is 6.59. The molecule has 1 fully saturated rings. The monoisotopic (exact) mass is 211 g/mol. The SMILES string of the molecule is CCN(CC)CCC[CH2][Al]1[CH2]CC[CH2]1. The fourth-order valence-corrected chi connectivity index (χ4v) is 6.07. The highest BCUT2D eigenvalue weighted by atomic mass is 27.2. The van der Waals surface area contributed by atoms with E-state index in [0.717, 1.165) is 0 Å². The van der Waals surface area contributed by atoms with Gasteiger partial charge in [-0.25, -0.2) is 0 Å². The van der Waals surface area contributed by atoms with Gasteiger partial charge >= 0.3 is 0 Å². The lowest BCUT2D eigenvalue weighted by atomic mass is 10.3. The first-order valence-corrected chi connectivity index (χ1v) is 9.04. The number of rotatable bonds is 7. The van der Waals surface area contributed by atoms with Crippen LogP contribution in [0, 0.1) is 0 Å². The minimum Gasteiger partial charge on any atom is -0.304 e. The van der Waals surface area contributed by atoms with E-state index in [2.05, 4.69) is 18.7 Å². The third kappa shape index (κ3) is 4.82. The second-order valence-corrected chi connectivity index (χ2v) is 8.14. The Morgan fingerprint density at radius 3 is 2.21 bits per heavy atom. The Bertz CT molecular complexity index is 124. The molecule has 1 heterocycles. The van der Waals surface area contributed by atoms with Crippen LogP contribution in [0.25, 0.3) is 0 Å². The van der Waals surface area contributed by atoms with Crippen molar-refractivity contribution in [3.8, 4) is 0 Å². The van der Waals surface area contributed by atoms with E-state index < -0.39 is 0 Å². The smallest absolute Gasteiger partial charge is 0.261 e. The first kappa shape index (κ1) is 12.6. The molecule has 0 bridgehead atoms. The molecule has 0 atom stereocenters. The Labute approximate surface area is 94.3 Å². The summed E-state index contributed by atoms with van der Waals surface area (Å²) in [7, 11) is 0. The molecule has 14 heavy (non-hydrogen) atoms. The van der Waals surface area contributed by atoms with Gasteiger partial charge in [0.2, 0.25) is 0 Å². The van der Waals surface area contributed by atoms with Gasteiger partial charge in [0.1, 0.15) is 0 Å². The second-order valence-electron chi connectivity index (χ2n) is 4.67. The zero-order valence-electron chi connectivity index (χ0n) is 10.1. The average Bonchev–Trinajstić information content (AvgIpc) is 2.71. The molecule has 0 unspecified atom stereocenters. The van der Waals surface area contributed by atoms with Crippen LogP contribution in [0.4, 0.5) is 0 Å². The molecule has 0 aromatic heterocycles. The van der Waals surface area contributed by atoms with Crippen molar-refractivity contribution in [1.82, 2.24) is 4.90 Å². The molecule has 0 N–H and O–H groups in total. The van der Waals surface area contributed by atoms with Gasteiger partial charge in [-0.3, -0.25) is 0 Å². The quantitative estimate of drug-likeness (QED) is 0.461. The maximum absolute atomic E-state index is 2.55. The van der Waals surface area contributed by atoms with Crippen LogP contribution < -0.4 is 0 Å². The van der Waals surface area contributed by atoms with Crippen molar-refractivity contribution < 1.29 is 0 Å². The van der Waals surface area contributed by atoms with Gasteiger partial charge in [-0.15, -0.1) is 0 Å². The summed E-state index contributed by atoms with van der Waals surface area (Å²) in [5.74, 6) is 0. The van der Waals surface area contributed by atoms with Crippen molar-refractivity contribution in [2.45, 2.75) is 55.4 Å². The van der Waals surface area contributed by atoms with Crippen LogP contribution in [0.1, 0.15) is 39.5 Å². The van der Waals surface area contributed by atoms with E-state index in [9.17, 15) is 0 Å². The van der Waals surface area contributed by atoms with E-state index in [1.807, 2.05) is 0 Å². The fourth-order valence-electron chi connectivity index (χ4n) is 2.61. The lowest BCUT2D eigenvalue weighted by Gasteiger charge is -2.17. The summed E-state index contributed by atoms with van der Waals surface area (Å²) >= 11 is -0.180. The molecule has 0 aliphatic carbocycles. The van der Waals surface area contributed by atoms with E-state index in [0.29, 0.717) is 0 Å². The number of hydrogen-bond acceptors (Lipinski definition) is 1. The zero-order chi connectivity index (χ0) is 10.2. The van der Waals surface area contributed by atoms with Crippen molar-refractivity contribution in [3.05, 3.63) is 0 Å². The van der Waals surface area contributed by atoms with E-state index >= 15 is 0 Å². The molecule has 1 rings (SSSR count). The first-order valence-electron chi connectivity index (χ1n) is 6.59. The topological polar surface area (TPSA) is 3.24 Å². The van der Waals surface area contributed by atoms with Crippen LogP contribution in [-0.4, -0.2) is 38.7 Å². The van der Waals surface area contributed by atoms with Crippen LogP contribution in [-0.2, 0) is 0 Å². The standard InChI is InChI=1S/C8H18N.C4H8.Al/c1-4-7-8-9(5-2)6-3;1-3-4-2;/h1,4-8H2,2-3H3;1-4H2;. The molecule has 2 heteroatoms. The van der Waals surface area contributed by atoms with Gasteiger partial charge < -0.3 is 4.90 Å². The molecule has 1 nitrogen and oxygen atoms in total. The van der Waals surface area contributed by atoms with Gasteiger partial charge in [0.25, 0.3) is 14.1 Å². The first-order chi connectivity index (χ1) is 6.86. The summed E-state index contributed by atoms with van der Waals surface area (Å²) < 4.78 is 0. The highest BCUT2D eigenvalue weighted by Crippen LogP contribution is 2.23. The van der Waals surface area contributed by atoms with E-state index in [4.69, 9.17) is 0 Å². The predicted octanol–water partition coefficient (Wildman–Crippen LogP) is 3.40. The molecular weight excluding hydrogens is 185 g/mol. The second kappa shape index (κ2) is 7.74. The predicted molar refractivity (Wildman–Crippen MR) is 66.4 cm³/mol. The van der Waals surface area contributed by atoms with Crippen LogP contribution in [0.15, 0.2) is 0 Å². The van der Waals surface area contributed by atoms with Gasteiger partial charge in [0, 0.05) is 0 Å². The van der Waals surface area contributed by atoms with Crippen molar-refractivity contribution >= 4 is 14.1 Å². The number of nitrogens with zero attached hydrogens (tertiary/aromatic N) is 1. The number of unbranched alkanes of at least 4 members (excludes halogenated alkanes) is 1. The van der Waals surface area contributed by atoms with Gasteiger partial charge in [-0.1, -0.05) is 49.0 Å². The zero-order valence-corrected chi connectivity index (χ0v) is 11.3. The third-order valence-corrected chi connectivity index (χ3v) is 7.38. The molecular formula is C12H26AlN. The molecule has 0 radical (unpaired) electrons. The van der Waals surface area contributed by atoms with E-state index in [1.54, 1.807) is 28.7 Å². The summed E-state index contributed by atoms with van der Waals surface area (Å²) in [6.45, 7) is 8.35. The van der Waals surface area contributed by atoms with Crippen molar-refractivity contribution in [2.75, 3.05) is 19.6 Å². The maximum Gasteiger partial charge on any atom is 0.261 e. The Morgan fingerprint density at radius 2 is 1.64 bits per heavy atom. The minimum absolute atomic E-state index is 0.180. The summed E-state index contributed by atoms with van der Waals surface area (Å²) in [4.78, 5) is 2.55. The van der Waals surface area contributed by atoms with E-state index in [1.165, 1.54) is 32.5 Å². The van der Waals surface area contributed by atoms with Gasteiger partial charge in [-0.05, 0) is 26.1 Å². The molecule has 1 saturated heterocycles. The maximum atomic E-state index is 2.55. The Balaban J connectivity index is 1.92. The largest absolute Gasteiger partial charge is 0.304 e. The molecule has 1 aliphatic rings. The Kier molecular flexibility index (Phi) is 6.95. The molecule has 0 saturated carbocycles. The lowest BCUT2D eigenvalue weighted by Crippen LogP contribution is -2.24. The summed E-state index contributed by atoms with van der Waals surface area (Å²) in [5, 5.41) is 4.96. The van der Waals surface area contributed by atoms with Crippen molar-refractivity contribution in [1.29, 1.82) is 0 Å². The Morgan fingerprint density at radius 1 is 1.00 bits per heavy atom. The summed E-state index contributed by atoms with van der Waals surface area (Å²) in [6.07, 6.45) is 6.10. The Hall–Kier alpha value is 0.492. The van der Waals surface area contributed by atoms with Crippen LogP contribution in [0.2, 0.25) is 15.8 Å². The van der Waals surface area contributed by atoms with Gasteiger partial charge in [0.05, 0.1) is 0 Å². The summed E-state index contributed by atoms with van der Waals surface area (Å²) in [6, 6.07) is 0. The normalized spacial score (nSPS) is 16.9. The summed E-state index contributed by atoms with van der Waals surface area (Å²) in [5.41, 5.74) is 0. The van der Waals surface area contributed by atoms with E-state index in [-0.39, 0.29) is 14.1 Å². The van der Waals surface area contributed by atoms with Crippen LogP contribution in [0.5, 0.6) is 0 Å². The minimum atomic E-state index is -0.180. The molecule has 0 spiro atoms. The number of hydrogen-bond donors (Lipinski definition) is 0. The molecule has 0 aromatic carbocycles. The van der Waals surface area contributed by atoms with Crippen LogP contribution in [0.3, 0.4) is 0 Å². The van der Waals surface area contributed by atoms with Gasteiger partial charge in [0.15, 0.2) is 0 Å². The van der Waals surface area contributed by atoms with Crippen molar-refractivity contribution in [3.63, 3.8) is 0 Å². The average molecular weight is 211 g/mol. The fraction of sp³-hybridized carbons (Fsp3) is 1.00. The third-order valence-electron chi connectivity index (χ3n) is 3.71.